The quantitative estimate of drug-likeness (QED) is 0.720. The number of hydrogen-bond acceptors (Lipinski definition) is 4. The van der Waals surface area contributed by atoms with Crippen LogP contribution in [0, 0.1) is 0 Å². The van der Waals surface area contributed by atoms with Crippen LogP contribution in [0.5, 0.6) is 0 Å². The molecule has 0 radical (unpaired) electrons. The zero-order valence-corrected chi connectivity index (χ0v) is 11.7. The molecule has 1 saturated heterocycles. The molecule has 1 fully saturated rings. The third-order valence-corrected chi connectivity index (χ3v) is 4.07. The molecule has 4 nitrogen and oxygen atoms in total. The topological polar surface area (TPSA) is 41.9 Å². The van der Waals surface area contributed by atoms with Crippen molar-refractivity contribution in [2.75, 3.05) is 18.0 Å². The van der Waals surface area contributed by atoms with Crippen LogP contribution in [-0.2, 0) is 0 Å². The fourth-order valence-electron chi connectivity index (χ4n) is 3.01. The Morgan fingerprint density at radius 3 is 2.29 bits per heavy atom. The van der Waals surface area contributed by atoms with Crippen LogP contribution in [0.3, 0.4) is 0 Å². The molecule has 0 spiro atoms. The number of anilines is 1. The zero-order chi connectivity index (χ0) is 14.1. The summed E-state index contributed by atoms with van der Waals surface area (Å²) in [5.74, 6) is 1.04. The average molecular weight is 276 g/mol. The molecule has 3 aromatic rings. The summed E-state index contributed by atoms with van der Waals surface area (Å²) in [4.78, 5) is 7.07. The maximum absolute atomic E-state index is 4.72. The summed E-state index contributed by atoms with van der Waals surface area (Å²) in [6.45, 7) is 2.16. The van der Waals surface area contributed by atoms with Crippen LogP contribution in [0.4, 0.5) is 5.82 Å². The van der Waals surface area contributed by atoms with E-state index >= 15 is 0 Å². The summed E-state index contributed by atoms with van der Waals surface area (Å²) in [7, 11) is 0. The minimum Gasteiger partial charge on any atom is -0.356 e. The van der Waals surface area contributed by atoms with Gasteiger partial charge in [0.15, 0.2) is 0 Å². The highest BCUT2D eigenvalue weighted by Gasteiger charge is 2.18. The van der Waals surface area contributed by atoms with E-state index in [1.54, 1.807) is 0 Å². The van der Waals surface area contributed by atoms with Gasteiger partial charge in [0.05, 0.1) is 12.4 Å². The van der Waals surface area contributed by atoms with Crippen LogP contribution in [0.15, 0.2) is 48.9 Å². The molecular weight excluding hydrogens is 260 g/mol. The average Bonchev–Trinajstić information content (AvgIpc) is 3.09. The van der Waals surface area contributed by atoms with Crippen molar-refractivity contribution in [1.29, 1.82) is 0 Å². The van der Waals surface area contributed by atoms with Gasteiger partial charge in [-0.1, -0.05) is 30.3 Å². The van der Waals surface area contributed by atoms with Gasteiger partial charge in [-0.25, -0.2) is 4.98 Å². The summed E-state index contributed by atoms with van der Waals surface area (Å²) in [6, 6.07) is 10.3. The molecule has 0 atom stereocenters. The predicted molar refractivity (Wildman–Crippen MR) is 84.2 cm³/mol. The highest BCUT2D eigenvalue weighted by Crippen LogP contribution is 2.33. The van der Waals surface area contributed by atoms with Crippen molar-refractivity contribution in [3.63, 3.8) is 0 Å². The number of nitrogens with zero attached hydrogens (tertiary/aromatic N) is 4. The van der Waals surface area contributed by atoms with Gasteiger partial charge in [-0.2, -0.15) is 10.2 Å². The Bertz CT molecular complexity index is 764. The third-order valence-electron chi connectivity index (χ3n) is 4.07. The fraction of sp³-hybridized carbons (Fsp3) is 0.235. The first-order valence-corrected chi connectivity index (χ1v) is 7.33. The van der Waals surface area contributed by atoms with E-state index in [1.807, 2.05) is 36.8 Å². The summed E-state index contributed by atoms with van der Waals surface area (Å²) in [5, 5.41) is 10.3. The Labute approximate surface area is 123 Å². The lowest BCUT2D eigenvalue weighted by Gasteiger charge is -2.19. The van der Waals surface area contributed by atoms with Crippen LogP contribution < -0.4 is 4.90 Å². The van der Waals surface area contributed by atoms with Crippen molar-refractivity contribution in [3.05, 3.63) is 48.9 Å². The Balaban J connectivity index is 1.93. The highest BCUT2D eigenvalue weighted by atomic mass is 15.2. The second kappa shape index (κ2) is 5.13. The molecule has 1 aliphatic rings. The molecule has 0 N–H and O–H groups in total. The molecule has 4 heteroatoms. The van der Waals surface area contributed by atoms with Gasteiger partial charge in [0.25, 0.3) is 0 Å². The lowest BCUT2D eigenvalue weighted by molar-refractivity contribution is 0.943. The highest BCUT2D eigenvalue weighted by molar-refractivity contribution is 6.01. The van der Waals surface area contributed by atoms with Gasteiger partial charge in [-0.3, -0.25) is 0 Å². The molecule has 0 saturated carbocycles. The van der Waals surface area contributed by atoms with E-state index < -0.39 is 0 Å². The van der Waals surface area contributed by atoms with Gasteiger partial charge >= 0.3 is 0 Å². The smallest absolute Gasteiger partial charge is 0.138 e. The van der Waals surface area contributed by atoms with Crippen LogP contribution in [-0.4, -0.2) is 28.3 Å². The number of hydrogen-bond donors (Lipinski definition) is 0. The Morgan fingerprint density at radius 1 is 0.810 bits per heavy atom. The minimum absolute atomic E-state index is 1.04. The predicted octanol–water partition coefficient (Wildman–Crippen LogP) is 3.29. The molecule has 2 aromatic heterocycles. The molecule has 0 bridgehead atoms. The van der Waals surface area contributed by atoms with E-state index in [0.717, 1.165) is 40.8 Å². The largest absolute Gasteiger partial charge is 0.356 e. The first kappa shape index (κ1) is 12.3. The van der Waals surface area contributed by atoms with Gasteiger partial charge in [0.1, 0.15) is 5.82 Å². The Kier molecular flexibility index (Phi) is 2.99. The van der Waals surface area contributed by atoms with E-state index in [2.05, 4.69) is 27.2 Å². The Morgan fingerprint density at radius 2 is 1.52 bits per heavy atom. The van der Waals surface area contributed by atoms with Gasteiger partial charge in [0.2, 0.25) is 0 Å². The van der Waals surface area contributed by atoms with Crippen molar-refractivity contribution < 1.29 is 0 Å². The SMILES string of the molecule is c1ccc(-c2cnc(N3CCCC3)c3cnncc23)cc1. The summed E-state index contributed by atoms with van der Waals surface area (Å²) in [6.07, 6.45) is 8.12. The van der Waals surface area contributed by atoms with Crippen molar-refractivity contribution in [1.82, 2.24) is 15.2 Å². The fourth-order valence-corrected chi connectivity index (χ4v) is 3.01. The standard InChI is InChI=1S/C17H16N4/c1-2-6-13(7-3-1)14-10-18-17(21-8-4-5-9-21)16-12-20-19-11-15(14)16/h1-3,6-7,10-12H,4-5,8-9H2. The molecule has 4 rings (SSSR count). The van der Waals surface area contributed by atoms with Crippen molar-refractivity contribution >= 4 is 16.6 Å². The van der Waals surface area contributed by atoms with Gasteiger partial charge in [-0.05, 0) is 18.4 Å². The molecule has 0 unspecified atom stereocenters. The van der Waals surface area contributed by atoms with E-state index in [4.69, 9.17) is 4.98 Å². The first-order valence-electron chi connectivity index (χ1n) is 7.33. The summed E-state index contributed by atoms with van der Waals surface area (Å²) >= 11 is 0. The molecule has 1 aliphatic heterocycles. The van der Waals surface area contributed by atoms with Crippen LogP contribution >= 0.6 is 0 Å². The van der Waals surface area contributed by atoms with E-state index in [-0.39, 0.29) is 0 Å². The minimum atomic E-state index is 1.04. The van der Waals surface area contributed by atoms with Gasteiger partial charge in [-0.15, -0.1) is 0 Å². The molecular formula is C17H16N4. The van der Waals surface area contributed by atoms with Crippen LogP contribution in [0.1, 0.15) is 12.8 Å². The van der Waals surface area contributed by atoms with E-state index in [1.165, 1.54) is 12.8 Å². The van der Waals surface area contributed by atoms with Crippen LogP contribution in [0.25, 0.3) is 21.9 Å². The van der Waals surface area contributed by atoms with Gasteiger partial charge < -0.3 is 4.90 Å². The molecule has 0 aliphatic carbocycles. The van der Waals surface area contributed by atoms with Crippen molar-refractivity contribution in [2.24, 2.45) is 0 Å². The normalized spacial score (nSPS) is 14.8. The maximum Gasteiger partial charge on any atom is 0.138 e. The number of fused-ring (bicyclic) bond motifs is 1. The molecule has 3 heterocycles. The second-order valence-corrected chi connectivity index (χ2v) is 5.37. The summed E-state index contributed by atoms with van der Waals surface area (Å²) < 4.78 is 0. The Hall–Kier alpha value is -2.49. The molecule has 0 amide bonds. The monoisotopic (exact) mass is 276 g/mol. The third kappa shape index (κ3) is 2.13. The number of aromatic nitrogens is 3. The molecule has 1 aromatic carbocycles. The lowest BCUT2D eigenvalue weighted by Crippen LogP contribution is -2.19. The second-order valence-electron chi connectivity index (χ2n) is 5.37. The number of rotatable bonds is 2. The zero-order valence-electron chi connectivity index (χ0n) is 11.7. The van der Waals surface area contributed by atoms with Crippen LogP contribution in [0.2, 0.25) is 0 Å². The van der Waals surface area contributed by atoms with E-state index in [9.17, 15) is 0 Å². The van der Waals surface area contributed by atoms with E-state index in [0.29, 0.717) is 0 Å². The lowest BCUT2D eigenvalue weighted by atomic mass is 10.0. The molecule has 21 heavy (non-hydrogen) atoms. The summed E-state index contributed by atoms with van der Waals surface area (Å²) in [5.41, 5.74) is 2.28. The molecule has 104 valence electrons. The number of benzene rings is 1. The van der Waals surface area contributed by atoms with Gasteiger partial charge in [0, 0.05) is 35.6 Å². The van der Waals surface area contributed by atoms with Crippen molar-refractivity contribution in [2.45, 2.75) is 12.8 Å². The number of pyridine rings is 1. The first-order chi connectivity index (χ1) is 10.4. The maximum atomic E-state index is 4.72. The van der Waals surface area contributed by atoms with Crippen molar-refractivity contribution in [3.8, 4) is 11.1 Å².